The van der Waals surface area contributed by atoms with Crippen molar-refractivity contribution in [1.29, 1.82) is 0 Å². The number of nitrogens with zero attached hydrogens (tertiary/aromatic N) is 2. The summed E-state index contributed by atoms with van der Waals surface area (Å²) in [7, 11) is -2.43. The van der Waals surface area contributed by atoms with Crippen LogP contribution < -0.4 is 53.2 Å². The van der Waals surface area contributed by atoms with Crippen molar-refractivity contribution in [3.63, 3.8) is 0 Å². The SMILES string of the molecule is COc1cc(-c2n[nH]nc2-c2ccc(SC)c(OP(C)(=O)[O-])c2)cc2c1OCO2.[Na+]. The van der Waals surface area contributed by atoms with Crippen LogP contribution in [-0.4, -0.2) is 42.2 Å². The smallest absolute Gasteiger partial charge is 0.769 e. The van der Waals surface area contributed by atoms with Gasteiger partial charge in [0.15, 0.2) is 19.1 Å². The molecule has 1 aliphatic rings. The van der Waals surface area contributed by atoms with E-state index in [1.807, 2.05) is 12.3 Å². The fourth-order valence-corrected chi connectivity index (χ4v) is 4.05. The minimum Gasteiger partial charge on any atom is -0.769 e. The number of hydrogen-bond donors (Lipinski definition) is 1. The van der Waals surface area contributed by atoms with E-state index in [0.717, 1.165) is 6.66 Å². The maximum Gasteiger partial charge on any atom is 1.00 e. The topological polar surface area (TPSA) is 119 Å². The number of thioether (sulfide) groups is 1. The minimum absolute atomic E-state index is 0. The maximum absolute atomic E-state index is 11.7. The minimum atomic E-state index is -3.97. The molecule has 152 valence electrons. The summed E-state index contributed by atoms with van der Waals surface area (Å²) in [5.74, 6) is 1.85. The van der Waals surface area contributed by atoms with Crippen molar-refractivity contribution in [1.82, 2.24) is 15.4 Å². The van der Waals surface area contributed by atoms with Crippen LogP contribution in [0.3, 0.4) is 0 Å². The molecule has 0 fully saturated rings. The van der Waals surface area contributed by atoms with Gasteiger partial charge in [-0.2, -0.15) is 15.4 Å². The molecule has 0 saturated carbocycles. The van der Waals surface area contributed by atoms with E-state index in [1.165, 1.54) is 11.8 Å². The second-order valence-corrected chi connectivity index (χ2v) is 8.73. The third-order valence-electron chi connectivity index (χ3n) is 4.18. The monoisotopic (exact) mass is 457 g/mol. The van der Waals surface area contributed by atoms with Gasteiger partial charge in [-0.1, -0.05) is 6.07 Å². The van der Waals surface area contributed by atoms with Crippen LogP contribution in [0.25, 0.3) is 22.5 Å². The van der Waals surface area contributed by atoms with Crippen molar-refractivity contribution >= 4 is 19.4 Å². The van der Waals surface area contributed by atoms with Crippen LogP contribution in [0.1, 0.15) is 0 Å². The number of H-pyrrole nitrogens is 1. The van der Waals surface area contributed by atoms with Gasteiger partial charge in [0.2, 0.25) is 12.5 Å². The van der Waals surface area contributed by atoms with Crippen molar-refractivity contribution in [2.45, 2.75) is 4.90 Å². The number of fused-ring (bicyclic) bond motifs is 1. The summed E-state index contributed by atoms with van der Waals surface area (Å²) in [6.45, 7) is 1.15. The molecule has 12 heteroatoms. The first-order chi connectivity index (χ1) is 13.9. The third kappa shape index (κ3) is 4.64. The molecule has 2 heterocycles. The molecule has 1 atom stereocenters. The van der Waals surface area contributed by atoms with Crippen LogP contribution in [0.2, 0.25) is 0 Å². The zero-order valence-electron chi connectivity index (χ0n) is 16.8. The zero-order chi connectivity index (χ0) is 20.6. The summed E-state index contributed by atoms with van der Waals surface area (Å²) in [5, 5.41) is 11.1. The summed E-state index contributed by atoms with van der Waals surface area (Å²) in [6.07, 6.45) is 1.84. The first-order valence-corrected chi connectivity index (χ1v) is 11.7. The van der Waals surface area contributed by atoms with Gasteiger partial charge in [-0.05, 0) is 30.5 Å². The Balaban J connectivity index is 0.00000256. The molecule has 1 aliphatic heterocycles. The predicted molar refractivity (Wildman–Crippen MR) is 106 cm³/mol. The van der Waals surface area contributed by atoms with Crippen LogP contribution in [0, 0.1) is 0 Å². The van der Waals surface area contributed by atoms with Crippen LogP contribution in [-0.2, 0) is 4.57 Å². The number of hydrogen-bond acceptors (Lipinski definition) is 9. The van der Waals surface area contributed by atoms with Crippen molar-refractivity contribution < 1.29 is 57.8 Å². The van der Waals surface area contributed by atoms with Gasteiger partial charge in [0.05, 0.1) is 7.11 Å². The maximum atomic E-state index is 11.7. The van der Waals surface area contributed by atoms with Gasteiger partial charge in [0.25, 0.3) is 0 Å². The Morgan fingerprint density at radius 1 is 1.13 bits per heavy atom. The Hall–Kier alpha value is -1.68. The van der Waals surface area contributed by atoms with E-state index >= 15 is 0 Å². The molecular weight excluding hydrogens is 440 g/mol. The Labute approximate surface area is 199 Å². The van der Waals surface area contributed by atoms with E-state index < -0.39 is 7.60 Å². The van der Waals surface area contributed by atoms with E-state index in [0.29, 0.717) is 44.7 Å². The Morgan fingerprint density at radius 3 is 2.50 bits per heavy atom. The van der Waals surface area contributed by atoms with Crippen molar-refractivity contribution in [3.8, 4) is 45.5 Å². The van der Waals surface area contributed by atoms with Crippen LogP contribution in [0.5, 0.6) is 23.0 Å². The molecular formula is C18H17N3NaO6PS. The van der Waals surface area contributed by atoms with Gasteiger partial charge in [0.1, 0.15) is 17.1 Å². The quantitative estimate of drug-likeness (QED) is 0.314. The average molecular weight is 457 g/mol. The van der Waals surface area contributed by atoms with E-state index in [4.69, 9.17) is 18.7 Å². The van der Waals surface area contributed by atoms with Crippen molar-refractivity contribution in [2.75, 3.05) is 26.8 Å². The fourth-order valence-electron chi connectivity index (χ4n) is 2.97. The Morgan fingerprint density at radius 2 is 1.83 bits per heavy atom. The summed E-state index contributed by atoms with van der Waals surface area (Å²) in [5.41, 5.74) is 2.43. The number of nitrogens with one attached hydrogen (secondary N) is 1. The summed E-state index contributed by atoms with van der Waals surface area (Å²) >= 11 is 1.39. The summed E-state index contributed by atoms with van der Waals surface area (Å²) < 4.78 is 33.1. The number of aromatic amines is 1. The van der Waals surface area contributed by atoms with Gasteiger partial charge in [-0.25, -0.2) is 0 Å². The normalized spacial score (nSPS) is 14.0. The van der Waals surface area contributed by atoms with E-state index in [-0.39, 0.29) is 42.1 Å². The Bertz CT molecular complexity index is 1120. The third-order valence-corrected chi connectivity index (χ3v) is 5.49. The second kappa shape index (κ2) is 9.21. The first kappa shape index (κ1) is 23.0. The molecule has 1 aromatic heterocycles. The van der Waals surface area contributed by atoms with E-state index in [9.17, 15) is 9.46 Å². The standard InChI is InChI=1S/C18H18N3O6PS.Na/c1-24-13-7-11(8-14-18(13)26-9-25-14)17-16(19-21-20-17)10-4-5-15(29-3)12(6-10)27-28(2,22)23;/h4-8H,9H2,1-3H3,(H,22,23)(H,19,20,21);/q;+1/p-1. The molecule has 4 rings (SSSR count). The molecule has 0 bridgehead atoms. The largest absolute Gasteiger partial charge is 1.00 e. The van der Waals surface area contributed by atoms with Gasteiger partial charge in [-0.3, -0.25) is 4.57 Å². The van der Waals surface area contributed by atoms with E-state index in [1.54, 1.807) is 31.4 Å². The van der Waals surface area contributed by atoms with Crippen LogP contribution >= 0.6 is 19.4 Å². The number of ether oxygens (including phenoxy) is 3. The molecule has 9 nitrogen and oxygen atoms in total. The van der Waals surface area contributed by atoms with Gasteiger partial charge >= 0.3 is 29.6 Å². The van der Waals surface area contributed by atoms with Gasteiger partial charge in [-0.15, -0.1) is 11.8 Å². The molecule has 0 radical (unpaired) electrons. The second-order valence-electron chi connectivity index (χ2n) is 6.16. The summed E-state index contributed by atoms with van der Waals surface area (Å²) in [6, 6.07) is 8.81. The van der Waals surface area contributed by atoms with Crippen LogP contribution in [0.4, 0.5) is 0 Å². The average Bonchev–Trinajstić information content (AvgIpc) is 3.35. The number of aromatic nitrogens is 3. The zero-order valence-corrected chi connectivity index (χ0v) is 20.5. The summed E-state index contributed by atoms with van der Waals surface area (Å²) in [4.78, 5) is 12.4. The molecule has 0 spiro atoms. The molecule has 0 amide bonds. The molecule has 1 unspecified atom stereocenters. The molecule has 0 saturated heterocycles. The van der Waals surface area contributed by atoms with E-state index in [2.05, 4.69) is 15.4 Å². The van der Waals surface area contributed by atoms with Crippen molar-refractivity contribution in [2.24, 2.45) is 0 Å². The van der Waals surface area contributed by atoms with Crippen LogP contribution in [0.15, 0.2) is 35.2 Å². The molecule has 1 N–H and O–H groups in total. The Kier molecular flexibility index (Phi) is 7.06. The molecule has 3 aromatic rings. The predicted octanol–water partition coefficient (Wildman–Crippen LogP) is 0.164. The van der Waals surface area contributed by atoms with Crippen molar-refractivity contribution in [3.05, 3.63) is 30.3 Å². The molecule has 30 heavy (non-hydrogen) atoms. The molecule has 2 aromatic carbocycles. The van der Waals surface area contributed by atoms with Gasteiger partial charge < -0.3 is 23.6 Å². The number of benzene rings is 2. The number of rotatable bonds is 6. The van der Waals surface area contributed by atoms with Gasteiger partial charge in [0, 0.05) is 22.7 Å². The first-order valence-electron chi connectivity index (χ1n) is 8.45. The fraction of sp³-hybridized carbons (Fsp3) is 0.222. The number of methoxy groups -OCH3 is 1. The molecule has 0 aliphatic carbocycles.